The van der Waals surface area contributed by atoms with Crippen molar-refractivity contribution in [3.8, 4) is 0 Å². The van der Waals surface area contributed by atoms with Crippen LogP contribution in [0, 0.1) is 0 Å². The fourth-order valence-electron chi connectivity index (χ4n) is 2.32. The van der Waals surface area contributed by atoms with Crippen LogP contribution in [-0.4, -0.2) is 41.7 Å². The molecule has 0 aliphatic carbocycles. The molecule has 4 N–H and O–H groups in total. The van der Waals surface area contributed by atoms with E-state index >= 15 is 0 Å². The Morgan fingerprint density at radius 1 is 1.53 bits per heavy atom. The lowest BCUT2D eigenvalue weighted by atomic mass is 10.0. The van der Waals surface area contributed by atoms with E-state index in [4.69, 9.17) is 27.8 Å². The third-order valence-electron chi connectivity index (χ3n) is 3.53. The first-order valence-corrected chi connectivity index (χ1v) is 6.89. The summed E-state index contributed by atoms with van der Waals surface area (Å²) in [5.74, 6) is 0.419. The molecule has 106 valence electrons. The second kappa shape index (κ2) is 6.05. The maximum atomic E-state index is 6.27. The van der Waals surface area contributed by atoms with Crippen molar-refractivity contribution in [1.82, 2.24) is 9.88 Å². The van der Waals surface area contributed by atoms with Crippen molar-refractivity contribution in [2.75, 3.05) is 25.4 Å². The van der Waals surface area contributed by atoms with Gasteiger partial charge in [-0.2, -0.15) is 0 Å². The van der Waals surface area contributed by atoms with Crippen LogP contribution < -0.4 is 11.5 Å². The summed E-state index contributed by atoms with van der Waals surface area (Å²) >= 11 is 5.95. The van der Waals surface area contributed by atoms with E-state index in [0.717, 1.165) is 18.7 Å². The summed E-state index contributed by atoms with van der Waals surface area (Å²) in [6.07, 6.45) is 1.44. The highest BCUT2D eigenvalue weighted by molar-refractivity contribution is 6.30. The van der Waals surface area contributed by atoms with E-state index in [1.54, 1.807) is 6.07 Å². The topological polar surface area (TPSA) is 77.4 Å². The van der Waals surface area contributed by atoms with Crippen LogP contribution in [0.15, 0.2) is 12.3 Å². The van der Waals surface area contributed by atoms with Crippen LogP contribution in [-0.2, 0) is 4.74 Å². The van der Waals surface area contributed by atoms with Crippen molar-refractivity contribution in [2.45, 2.75) is 32.0 Å². The number of ether oxygens (including phenoxy) is 1. The fraction of sp³-hybridized carbons (Fsp3) is 0.615. The molecule has 0 bridgehead atoms. The van der Waals surface area contributed by atoms with Gasteiger partial charge in [-0.25, -0.2) is 4.98 Å². The maximum Gasteiger partial charge on any atom is 0.128 e. The number of anilines is 1. The standard InChI is InChI=1S/C13H21ClN4O/c1-8(2)18-3-4-19-11(7-18)12(15)10-5-9(14)6-17-13(10)16/h5-6,8,11-12H,3-4,7,15H2,1-2H3,(H2,16,17). The molecule has 2 heterocycles. The largest absolute Gasteiger partial charge is 0.383 e. The van der Waals surface area contributed by atoms with E-state index in [0.29, 0.717) is 23.5 Å². The summed E-state index contributed by atoms with van der Waals surface area (Å²) in [6, 6.07) is 1.94. The molecule has 1 fully saturated rings. The number of hydrogen-bond donors (Lipinski definition) is 2. The Balaban J connectivity index is 2.14. The molecule has 0 aromatic carbocycles. The van der Waals surface area contributed by atoms with Crippen molar-refractivity contribution >= 4 is 17.4 Å². The quantitative estimate of drug-likeness (QED) is 0.878. The van der Waals surface area contributed by atoms with Crippen LogP contribution in [0.1, 0.15) is 25.5 Å². The number of nitrogens with zero attached hydrogens (tertiary/aromatic N) is 2. The Kier molecular flexibility index (Phi) is 4.62. The molecular formula is C13H21ClN4O. The second-order valence-electron chi connectivity index (χ2n) is 5.15. The van der Waals surface area contributed by atoms with E-state index in [1.165, 1.54) is 6.20 Å². The molecule has 0 saturated carbocycles. The number of morpholine rings is 1. The summed E-state index contributed by atoms with van der Waals surface area (Å²) in [6.45, 7) is 6.76. The number of hydrogen-bond acceptors (Lipinski definition) is 5. The number of halogens is 1. The van der Waals surface area contributed by atoms with E-state index < -0.39 is 0 Å². The van der Waals surface area contributed by atoms with Crippen LogP contribution in [0.4, 0.5) is 5.82 Å². The monoisotopic (exact) mass is 284 g/mol. The molecule has 0 radical (unpaired) electrons. The average Bonchev–Trinajstić information content (AvgIpc) is 2.41. The zero-order valence-corrected chi connectivity index (χ0v) is 12.1. The summed E-state index contributed by atoms with van der Waals surface area (Å²) in [5, 5.41) is 0.538. The molecule has 2 unspecified atom stereocenters. The molecule has 1 saturated heterocycles. The second-order valence-corrected chi connectivity index (χ2v) is 5.59. The van der Waals surface area contributed by atoms with Crippen LogP contribution in [0.5, 0.6) is 0 Å². The summed E-state index contributed by atoms with van der Waals surface area (Å²) in [7, 11) is 0. The van der Waals surface area contributed by atoms with E-state index in [-0.39, 0.29) is 12.1 Å². The van der Waals surface area contributed by atoms with Gasteiger partial charge in [0.25, 0.3) is 0 Å². The minimum absolute atomic E-state index is 0.0845. The average molecular weight is 285 g/mol. The van der Waals surface area contributed by atoms with Crippen molar-refractivity contribution < 1.29 is 4.74 Å². The maximum absolute atomic E-state index is 6.27. The lowest BCUT2D eigenvalue weighted by Gasteiger charge is -2.38. The van der Waals surface area contributed by atoms with Crippen molar-refractivity contribution in [2.24, 2.45) is 5.73 Å². The van der Waals surface area contributed by atoms with Crippen molar-refractivity contribution in [3.05, 3.63) is 22.8 Å². The Morgan fingerprint density at radius 3 is 2.95 bits per heavy atom. The van der Waals surface area contributed by atoms with Gasteiger partial charge in [0.2, 0.25) is 0 Å². The molecule has 1 aromatic rings. The van der Waals surface area contributed by atoms with Gasteiger partial charge in [0.05, 0.1) is 23.8 Å². The summed E-state index contributed by atoms with van der Waals surface area (Å²) in [5.41, 5.74) is 12.9. The lowest BCUT2D eigenvalue weighted by molar-refractivity contribution is -0.0502. The third kappa shape index (κ3) is 3.36. The first kappa shape index (κ1) is 14.5. The van der Waals surface area contributed by atoms with Gasteiger partial charge in [-0.15, -0.1) is 0 Å². The van der Waals surface area contributed by atoms with Crippen molar-refractivity contribution in [3.63, 3.8) is 0 Å². The zero-order valence-electron chi connectivity index (χ0n) is 11.3. The Morgan fingerprint density at radius 2 is 2.26 bits per heavy atom. The molecule has 19 heavy (non-hydrogen) atoms. The van der Waals surface area contributed by atoms with Crippen molar-refractivity contribution in [1.29, 1.82) is 0 Å². The molecule has 1 aliphatic heterocycles. The van der Waals surface area contributed by atoms with Crippen LogP contribution in [0.3, 0.4) is 0 Å². The highest BCUT2D eigenvalue weighted by Crippen LogP contribution is 2.26. The lowest BCUT2D eigenvalue weighted by Crippen LogP contribution is -2.49. The highest BCUT2D eigenvalue weighted by atomic mass is 35.5. The molecule has 5 nitrogen and oxygen atoms in total. The summed E-state index contributed by atoms with van der Waals surface area (Å²) < 4.78 is 5.78. The molecular weight excluding hydrogens is 264 g/mol. The molecule has 1 aliphatic rings. The predicted octanol–water partition coefficient (Wildman–Crippen LogP) is 1.43. The van der Waals surface area contributed by atoms with Gasteiger partial charge in [-0.1, -0.05) is 11.6 Å². The molecule has 1 aromatic heterocycles. The smallest absolute Gasteiger partial charge is 0.128 e. The number of nitrogen functional groups attached to an aromatic ring is 1. The Bertz CT molecular complexity index is 441. The Hall–Kier alpha value is -0.880. The van der Waals surface area contributed by atoms with Gasteiger partial charge < -0.3 is 16.2 Å². The van der Waals surface area contributed by atoms with Gasteiger partial charge in [-0.3, -0.25) is 4.90 Å². The minimum Gasteiger partial charge on any atom is -0.383 e. The van der Waals surface area contributed by atoms with Gasteiger partial charge in [0.15, 0.2) is 0 Å². The molecule has 6 heteroatoms. The minimum atomic E-state index is -0.312. The first-order valence-electron chi connectivity index (χ1n) is 6.51. The SMILES string of the molecule is CC(C)N1CCOC(C(N)c2cc(Cl)cnc2N)C1. The highest BCUT2D eigenvalue weighted by Gasteiger charge is 2.29. The predicted molar refractivity (Wildman–Crippen MR) is 77.0 cm³/mol. The molecule has 0 amide bonds. The number of aromatic nitrogens is 1. The third-order valence-corrected chi connectivity index (χ3v) is 3.74. The van der Waals surface area contributed by atoms with Gasteiger partial charge in [-0.05, 0) is 19.9 Å². The first-order chi connectivity index (χ1) is 8.99. The normalized spacial score (nSPS) is 22.7. The number of rotatable bonds is 3. The van der Waals surface area contributed by atoms with Crippen LogP contribution in [0.2, 0.25) is 5.02 Å². The Labute approximate surface area is 118 Å². The van der Waals surface area contributed by atoms with Gasteiger partial charge in [0.1, 0.15) is 5.82 Å². The molecule has 2 atom stereocenters. The van der Waals surface area contributed by atoms with Gasteiger partial charge >= 0.3 is 0 Å². The summed E-state index contributed by atoms with van der Waals surface area (Å²) in [4.78, 5) is 6.39. The fourth-order valence-corrected chi connectivity index (χ4v) is 2.48. The van der Waals surface area contributed by atoms with E-state index in [1.807, 2.05) is 0 Å². The van der Waals surface area contributed by atoms with Gasteiger partial charge in [0, 0.05) is 30.9 Å². The molecule has 2 rings (SSSR count). The zero-order chi connectivity index (χ0) is 14.0. The number of pyridine rings is 1. The van der Waals surface area contributed by atoms with E-state index in [9.17, 15) is 0 Å². The number of nitrogens with two attached hydrogens (primary N) is 2. The molecule has 0 spiro atoms. The van der Waals surface area contributed by atoms with Crippen LogP contribution >= 0.6 is 11.6 Å². The van der Waals surface area contributed by atoms with E-state index in [2.05, 4.69) is 23.7 Å². The van der Waals surface area contributed by atoms with Crippen LogP contribution in [0.25, 0.3) is 0 Å².